The zero-order valence-corrected chi connectivity index (χ0v) is 25.8. The third-order valence-corrected chi connectivity index (χ3v) is 9.42. The van der Waals surface area contributed by atoms with Crippen molar-refractivity contribution in [2.24, 2.45) is 0 Å². The second-order valence-corrected chi connectivity index (χ2v) is 12.0. The van der Waals surface area contributed by atoms with E-state index in [9.17, 15) is 10.5 Å². The van der Waals surface area contributed by atoms with E-state index in [2.05, 4.69) is 143 Å². The van der Waals surface area contributed by atoms with Crippen LogP contribution in [0.3, 0.4) is 0 Å². The normalized spacial score (nSPS) is 11.3. The summed E-state index contributed by atoms with van der Waals surface area (Å²) in [6.07, 6.45) is 0. The fourth-order valence-electron chi connectivity index (χ4n) is 7.35. The van der Waals surface area contributed by atoms with Crippen molar-refractivity contribution < 1.29 is 0 Å². The molecule has 4 heteroatoms. The first kappa shape index (κ1) is 27.4. The summed E-state index contributed by atoms with van der Waals surface area (Å²) in [6, 6.07) is 58.7. The van der Waals surface area contributed by atoms with E-state index in [1.54, 1.807) is 0 Å². The van der Waals surface area contributed by atoms with Gasteiger partial charge in [-0.1, -0.05) is 103 Å². The number of aromatic nitrogens is 2. The van der Waals surface area contributed by atoms with Gasteiger partial charge in [0.15, 0.2) is 0 Å². The van der Waals surface area contributed by atoms with Crippen LogP contribution in [-0.4, -0.2) is 9.13 Å². The van der Waals surface area contributed by atoms with Gasteiger partial charge < -0.3 is 9.13 Å². The molecular weight excluding hydrogens is 585 g/mol. The van der Waals surface area contributed by atoms with Crippen molar-refractivity contribution >= 4 is 43.6 Å². The first-order chi connectivity index (χ1) is 23.7. The fourth-order valence-corrected chi connectivity index (χ4v) is 7.35. The fraction of sp³-hybridized carbons (Fsp3) is 0. The lowest BCUT2D eigenvalue weighted by atomic mass is 9.90. The molecule has 222 valence electrons. The summed E-state index contributed by atoms with van der Waals surface area (Å²) in [7, 11) is 0. The van der Waals surface area contributed by atoms with Crippen LogP contribution in [0.5, 0.6) is 0 Å². The lowest BCUT2D eigenvalue weighted by Gasteiger charge is -2.18. The Kier molecular flexibility index (Phi) is 6.22. The van der Waals surface area contributed by atoms with Crippen LogP contribution in [0.4, 0.5) is 0 Å². The zero-order valence-electron chi connectivity index (χ0n) is 25.8. The second kappa shape index (κ2) is 10.9. The largest absolute Gasteiger partial charge is 0.309 e. The highest BCUT2D eigenvalue weighted by molar-refractivity contribution is 6.11. The van der Waals surface area contributed by atoms with Gasteiger partial charge in [0.2, 0.25) is 0 Å². The third-order valence-electron chi connectivity index (χ3n) is 9.42. The lowest BCUT2D eigenvalue weighted by Crippen LogP contribution is -2.00. The van der Waals surface area contributed by atoms with Crippen LogP contribution in [0.2, 0.25) is 0 Å². The Hall–Kier alpha value is -6.88. The summed E-state index contributed by atoms with van der Waals surface area (Å²) < 4.78 is 4.52. The van der Waals surface area contributed by atoms with Gasteiger partial charge in [-0.05, 0) is 65.7 Å². The molecule has 0 bridgehead atoms. The van der Waals surface area contributed by atoms with Gasteiger partial charge in [-0.2, -0.15) is 10.5 Å². The zero-order chi connectivity index (χ0) is 32.2. The number of nitriles is 2. The topological polar surface area (TPSA) is 57.4 Å². The molecule has 7 aromatic carbocycles. The van der Waals surface area contributed by atoms with Crippen molar-refractivity contribution in [3.05, 3.63) is 169 Å². The highest BCUT2D eigenvalue weighted by Crippen LogP contribution is 2.41. The van der Waals surface area contributed by atoms with E-state index in [1.807, 2.05) is 36.4 Å². The molecule has 0 aliphatic carbocycles. The van der Waals surface area contributed by atoms with Gasteiger partial charge in [0.05, 0.1) is 51.0 Å². The first-order valence-electron chi connectivity index (χ1n) is 15.9. The molecule has 0 unspecified atom stereocenters. The molecule has 0 saturated heterocycles. The smallest absolute Gasteiger partial charge is 0.0998 e. The Bertz CT molecular complexity index is 2710. The van der Waals surface area contributed by atoms with Crippen LogP contribution in [-0.2, 0) is 0 Å². The van der Waals surface area contributed by atoms with E-state index >= 15 is 0 Å². The molecule has 0 radical (unpaired) electrons. The van der Waals surface area contributed by atoms with Crippen LogP contribution in [0.25, 0.3) is 77.2 Å². The molecular formula is C44H26N4. The van der Waals surface area contributed by atoms with E-state index in [0.717, 1.165) is 55.7 Å². The molecule has 9 rings (SSSR count). The monoisotopic (exact) mass is 610 g/mol. The second-order valence-electron chi connectivity index (χ2n) is 12.0. The van der Waals surface area contributed by atoms with Crippen LogP contribution in [0.15, 0.2) is 158 Å². The van der Waals surface area contributed by atoms with Crippen molar-refractivity contribution in [1.29, 1.82) is 10.5 Å². The van der Waals surface area contributed by atoms with Gasteiger partial charge >= 0.3 is 0 Å². The molecule has 9 aromatic rings. The molecule has 0 spiro atoms. The van der Waals surface area contributed by atoms with Gasteiger partial charge in [0.25, 0.3) is 0 Å². The SMILES string of the molecule is N#Cc1ccc(-n2c3ccccc3c3ccccc32)c(-c2ccccc2-c2ccc(-n3c4ccccc4c4ccccc43)cc2C#N)c1. The lowest BCUT2D eigenvalue weighted by molar-refractivity contribution is 1.18. The first-order valence-corrected chi connectivity index (χ1v) is 15.9. The molecule has 2 heterocycles. The molecule has 0 aliphatic heterocycles. The molecule has 0 N–H and O–H groups in total. The average molecular weight is 611 g/mol. The standard InChI is InChI=1S/C44H26N4/c45-27-29-21-24-44(48-42-19-9-5-15-37(42)38-16-6-10-20-43(38)48)39(25-29)34-12-2-1-11-33(34)32-23-22-31(26-30(32)28-46)47-40-17-7-3-13-35(40)36-14-4-8-18-41(36)47/h1-26H. The summed E-state index contributed by atoms with van der Waals surface area (Å²) in [5.74, 6) is 0. The minimum Gasteiger partial charge on any atom is -0.309 e. The highest BCUT2D eigenvalue weighted by atomic mass is 15.0. The van der Waals surface area contributed by atoms with E-state index in [1.165, 1.54) is 21.5 Å². The van der Waals surface area contributed by atoms with Crippen LogP contribution < -0.4 is 0 Å². The van der Waals surface area contributed by atoms with E-state index < -0.39 is 0 Å². The number of rotatable bonds is 4. The van der Waals surface area contributed by atoms with Gasteiger partial charge in [0.1, 0.15) is 0 Å². The quantitative estimate of drug-likeness (QED) is 0.199. The maximum absolute atomic E-state index is 10.6. The van der Waals surface area contributed by atoms with Gasteiger partial charge in [0, 0.05) is 38.4 Å². The molecule has 0 amide bonds. The summed E-state index contributed by atoms with van der Waals surface area (Å²) in [5, 5.41) is 25.3. The number of hydrogen-bond acceptors (Lipinski definition) is 2. The summed E-state index contributed by atoms with van der Waals surface area (Å²) in [4.78, 5) is 0. The van der Waals surface area contributed by atoms with Crippen molar-refractivity contribution in [1.82, 2.24) is 9.13 Å². The third kappa shape index (κ3) is 4.07. The van der Waals surface area contributed by atoms with Crippen LogP contribution in [0, 0.1) is 22.7 Å². The minimum atomic E-state index is 0.575. The minimum absolute atomic E-state index is 0.575. The Morgan fingerprint density at radius 3 is 1.38 bits per heavy atom. The van der Waals surface area contributed by atoms with Crippen molar-refractivity contribution in [3.63, 3.8) is 0 Å². The number of fused-ring (bicyclic) bond motifs is 6. The predicted octanol–water partition coefficient (Wildman–Crippen LogP) is 11.0. The Labute approximate surface area is 277 Å². The molecule has 0 aliphatic rings. The van der Waals surface area contributed by atoms with Crippen LogP contribution in [0.1, 0.15) is 11.1 Å². The maximum Gasteiger partial charge on any atom is 0.0998 e. The predicted molar refractivity (Wildman–Crippen MR) is 195 cm³/mol. The molecule has 0 atom stereocenters. The molecule has 2 aromatic heterocycles. The van der Waals surface area contributed by atoms with Gasteiger partial charge in [-0.25, -0.2) is 0 Å². The van der Waals surface area contributed by atoms with E-state index in [0.29, 0.717) is 11.1 Å². The summed E-state index contributed by atoms with van der Waals surface area (Å²) in [5.41, 5.74) is 11.1. The van der Waals surface area contributed by atoms with Crippen LogP contribution >= 0.6 is 0 Å². The number of para-hydroxylation sites is 4. The summed E-state index contributed by atoms with van der Waals surface area (Å²) >= 11 is 0. The summed E-state index contributed by atoms with van der Waals surface area (Å²) in [6.45, 7) is 0. The molecule has 4 nitrogen and oxygen atoms in total. The van der Waals surface area contributed by atoms with Crippen molar-refractivity contribution in [2.45, 2.75) is 0 Å². The molecule has 0 saturated carbocycles. The van der Waals surface area contributed by atoms with Crippen molar-refractivity contribution in [2.75, 3.05) is 0 Å². The highest BCUT2D eigenvalue weighted by Gasteiger charge is 2.20. The van der Waals surface area contributed by atoms with E-state index in [4.69, 9.17) is 0 Å². The Morgan fingerprint density at radius 1 is 0.375 bits per heavy atom. The number of hydrogen-bond donors (Lipinski definition) is 0. The Balaban J connectivity index is 1.28. The molecule has 48 heavy (non-hydrogen) atoms. The van der Waals surface area contributed by atoms with Gasteiger partial charge in [-0.15, -0.1) is 0 Å². The average Bonchev–Trinajstić information content (AvgIpc) is 3.67. The number of nitrogens with zero attached hydrogens (tertiary/aromatic N) is 4. The maximum atomic E-state index is 10.6. The van der Waals surface area contributed by atoms with E-state index in [-0.39, 0.29) is 0 Å². The molecule has 0 fully saturated rings. The van der Waals surface area contributed by atoms with Gasteiger partial charge in [-0.3, -0.25) is 0 Å². The van der Waals surface area contributed by atoms with Crippen molar-refractivity contribution in [3.8, 4) is 45.8 Å². The number of benzene rings is 7. The Morgan fingerprint density at radius 2 is 0.854 bits per heavy atom.